The normalized spacial score (nSPS) is 14.8. The summed E-state index contributed by atoms with van der Waals surface area (Å²) < 4.78 is 34.1. The molecule has 1 N–H and O–H groups in total. The third-order valence-electron chi connectivity index (χ3n) is 7.05. The topological polar surface area (TPSA) is 103 Å². The summed E-state index contributed by atoms with van der Waals surface area (Å²) in [6.07, 6.45) is 7.20. The van der Waals surface area contributed by atoms with Crippen molar-refractivity contribution in [2.24, 2.45) is 5.41 Å². The zero-order valence-corrected chi connectivity index (χ0v) is 23.8. The molecule has 204 valence electrons. The molecule has 1 aliphatic rings. The smallest absolute Gasteiger partial charge is 0.228 e. The van der Waals surface area contributed by atoms with E-state index < -0.39 is 9.84 Å². The lowest BCUT2D eigenvalue weighted by molar-refractivity contribution is -0.115. The molecule has 2 heterocycles. The van der Waals surface area contributed by atoms with Gasteiger partial charge in [0.1, 0.15) is 11.5 Å². The number of aryl methyl sites for hydroxylation is 1. The number of nitrogens with zero attached hydrogens (tertiary/aromatic N) is 3. The van der Waals surface area contributed by atoms with Gasteiger partial charge in [0, 0.05) is 17.8 Å². The Morgan fingerprint density at radius 3 is 2.54 bits per heavy atom. The van der Waals surface area contributed by atoms with E-state index in [0.717, 1.165) is 24.0 Å². The maximum atomic E-state index is 13.0. The zero-order chi connectivity index (χ0) is 28.0. The Kier molecular flexibility index (Phi) is 6.74. The average Bonchev–Trinajstić information content (AvgIpc) is 3.36. The number of carbonyl (C=O) groups excluding carboxylic acids is 1. The van der Waals surface area contributed by atoms with Gasteiger partial charge in [-0.05, 0) is 87.4 Å². The first-order valence-corrected chi connectivity index (χ1v) is 14.7. The minimum atomic E-state index is -3.42. The first-order chi connectivity index (χ1) is 18.3. The van der Waals surface area contributed by atoms with Crippen molar-refractivity contribution in [3.63, 3.8) is 0 Å². The number of amides is 1. The number of fused-ring (bicyclic) bond motifs is 1. The fourth-order valence-corrected chi connectivity index (χ4v) is 6.43. The summed E-state index contributed by atoms with van der Waals surface area (Å²) >= 11 is 0. The molecular weight excluding hydrogens is 512 g/mol. The summed E-state index contributed by atoms with van der Waals surface area (Å²) in [7, 11) is -3.42. The molecule has 1 fully saturated rings. The lowest BCUT2D eigenvalue weighted by Crippen LogP contribution is -2.22. The standard InChI is InChI=1S/C30H34N4O4S/c1-20-14-21(15-28(35)33-22-17-32-34(18-22)29(2,3)4)6-9-26(20)38-27-10-13-31-25-8-7-23(16-24(25)27)39(36,37)19-30(5)11-12-30/h6-10,13-14,16-18H,11-12,15,19H2,1-5H3,(H,33,35). The Bertz CT molecular complexity index is 1660. The third kappa shape index (κ3) is 6.14. The molecule has 0 saturated heterocycles. The molecule has 0 aliphatic heterocycles. The molecule has 39 heavy (non-hydrogen) atoms. The van der Waals surface area contributed by atoms with Crippen LogP contribution < -0.4 is 10.1 Å². The molecule has 2 aromatic carbocycles. The molecule has 4 aromatic rings. The van der Waals surface area contributed by atoms with E-state index in [0.29, 0.717) is 28.1 Å². The van der Waals surface area contributed by atoms with Gasteiger partial charge in [0.15, 0.2) is 9.84 Å². The fourth-order valence-electron chi connectivity index (χ4n) is 4.48. The molecule has 0 atom stereocenters. The van der Waals surface area contributed by atoms with Gasteiger partial charge in [-0.15, -0.1) is 0 Å². The van der Waals surface area contributed by atoms with E-state index in [1.807, 2.05) is 63.7 Å². The van der Waals surface area contributed by atoms with E-state index in [2.05, 4.69) is 15.4 Å². The number of hydrogen-bond acceptors (Lipinski definition) is 6. The van der Waals surface area contributed by atoms with Crippen LogP contribution in [-0.2, 0) is 26.6 Å². The van der Waals surface area contributed by atoms with E-state index >= 15 is 0 Å². The van der Waals surface area contributed by atoms with E-state index in [1.165, 1.54) is 0 Å². The summed E-state index contributed by atoms with van der Waals surface area (Å²) in [6.45, 7) is 10.1. The van der Waals surface area contributed by atoms with Gasteiger partial charge < -0.3 is 10.1 Å². The Morgan fingerprint density at radius 1 is 1.10 bits per heavy atom. The minimum Gasteiger partial charge on any atom is -0.456 e. The summed E-state index contributed by atoms with van der Waals surface area (Å²) in [6, 6.07) is 12.4. The van der Waals surface area contributed by atoms with Crippen LogP contribution in [0.4, 0.5) is 5.69 Å². The van der Waals surface area contributed by atoms with Crippen LogP contribution in [0, 0.1) is 12.3 Å². The highest BCUT2D eigenvalue weighted by Gasteiger charge is 2.41. The summed E-state index contributed by atoms with van der Waals surface area (Å²) in [5.74, 6) is 1.16. The van der Waals surface area contributed by atoms with E-state index in [1.54, 1.807) is 36.7 Å². The number of sulfone groups is 1. The van der Waals surface area contributed by atoms with Crippen molar-refractivity contribution in [3.05, 3.63) is 72.2 Å². The lowest BCUT2D eigenvalue weighted by Gasteiger charge is -2.18. The quantitative estimate of drug-likeness (QED) is 0.289. The third-order valence-corrected chi connectivity index (χ3v) is 9.10. The van der Waals surface area contributed by atoms with Gasteiger partial charge in [-0.1, -0.05) is 19.1 Å². The second-order valence-electron chi connectivity index (χ2n) is 11.8. The molecule has 0 spiro atoms. The van der Waals surface area contributed by atoms with Crippen molar-refractivity contribution in [2.45, 2.75) is 64.3 Å². The number of rotatable bonds is 8. The van der Waals surface area contributed by atoms with Gasteiger partial charge in [-0.3, -0.25) is 14.5 Å². The predicted molar refractivity (Wildman–Crippen MR) is 152 cm³/mol. The van der Waals surface area contributed by atoms with Gasteiger partial charge in [0.25, 0.3) is 0 Å². The molecule has 0 radical (unpaired) electrons. The SMILES string of the molecule is Cc1cc(CC(=O)Nc2cnn(C(C)(C)C)c2)ccc1Oc1ccnc2ccc(S(=O)(=O)CC3(C)CC3)cc12. The second kappa shape index (κ2) is 9.79. The van der Waals surface area contributed by atoms with E-state index in [-0.39, 0.29) is 33.9 Å². The van der Waals surface area contributed by atoms with Gasteiger partial charge in [0.05, 0.1) is 40.0 Å². The Labute approximate surface area is 229 Å². The van der Waals surface area contributed by atoms with Crippen molar-refractivity contribution in [3.8, 4) is 11.5 Å². The molecule has 1 aliphatic carbocycles. The first kappa shape index (κ1) is 26.9. The summed E-state index contributed by atoms with van der Waals surface area (Å²) in [5, 5.41) is 7.86. The Balaban J connectivity index is 1.32. The number of nitrogens with one attached hydrogen (secondary N) is 1. The van der Waals surface area contributed by atoms with Gasteiger partial charge >= 0.3 is 0 Å². The van der Waals surface area contributed by atoms with Crippen molar-refractivity contribution in [1.82, 2.24) is 14.8 Å². The molecule has 0 bridgehead atoms. The van der Waals surface area contributed by atoms with Crippen LogP contribution in [0.15, 0.2) is 66.0 Å². The van der Waals surface area contributed by atoms with Crippen LogP contribution in [0.5, 0.6) is 11.5 Å². The van der Waals surface area contributed by atoms with Gasteiger partial charge in [-0.2, -0.15) is 5.10 Å². The number of hydrogen-bond donors (Lipinski definition) is 1. The number of benzene rings is 2. The van der Waals surface area contributed by atoms with Gasteiger partial charge in [0.2, 0.25) is 5.91 Å². The Morgan fingerprint density at radius 2 is 1.87 bits per heavy atom. The zero-order valence-electron chi connectivity index (χ0n) is 23.0. The molecule has 1 saturated carbocycles. The van der Waals surface area contributed by atoms with E-state index in [9.17, 15) is 13.2 Å². The van der Waals surface area contributed by atoms with Gasteiger partial charge in [-0.25, -0.2) is 8.42 Å². The second-order valence-corrected chi connectivity index (χ2v) is 13.8. The first-order valence-electron chi connectivity index (χ1n) is 13.1. The average molecular weight is 547 g/mol. The largest absolute Gasteiger partial charge is 0.456 e. The van der Waals surface area contributed by atoms with E-state index in [4.69, 9.17) is 4.74 Å². The summed E-state index contributed by atoms with van der Waals surface area (Å²) in [5.41, 5.74) is 2.74. The highest BCUT2D eigenvalue weighted by atomic mass is 32.2. The number of aromatic nitrogens is 3. The van der Waals surface area contributed by atoms with Crippen LogP contribution >= 0.6 is 0 Å². The molecule has 8 nitrogen and oxygen atoms in total. The maximum absolute atomic E-state index is 13.0. The van der Waals surface area contributed by atoms with Crippen LogP contribution in [0.25, 0.3) is 10.9 Å². The molecule has 9 heteroatoms. The molecule has 0 unspecified atom stereocenters. The Hall–Kier alpha value is -3.72. The highest BCUT2D eigenvalue weighted by molar-refractivity contribution is 7.91. The van der Waals surface area contributed by atoms with Crippen LogP contribution in [-0.4, -0.2) is 34.8 Å². The molecule has 5 rings (SSSR count). The fraction of sp³-hybridized carbons (Fsp3) is 0.367. The van der Waals surface area contributed by atoms with Crippen molar-refractivity contribution in [2.75, 3.05) is 11.1 Å². The van der Waals surface area contributed by atoms with Crippen molar-refractivity contribution < 1.29 is 17.9 Å². The lowest BCUT2D eigenvalue weighted by atomic mass is 10.1. The predicted octanol–water partition coefficient (Wildman–Crippen LogP) is 6.04. The van der Waals surface area contributed by atoms with Crippen molar-refractivity contribution >= 4 is 32.3 Å². The van der Waals surface area contributed by atoms with Crippen LogP contribution in [0.1, 0.15) is 51.7 Å². The highest BCUT2D eigenvalue weighted by Crippen LogP contribution is 2.47. The number of anilines is 1. The molecule has 1 amide bonds. The van der Waals surface area contributed by atoms with Crippen LogP contribution in [0.2, 0.25) is 0 Å². The van der Waals surface area contributed by atoms with Crippen molar-refractivity contribution in [1.29, 1.82) is 0 Å². The minimum absolute atomic E-state index is 0.119. The molecule has 2 aromatic heterocycles. The number of ether oxygens (including phenoxy) is 1. The maximum Gasteiger partial charge on any atom is 0.228 e. The summed E-state index contributed by atoms with van der Waals surface area (Å²) in [4.78, 5) is 17.3. The van der Waals surface area contributed by atoms with Crippen LogP contribution in [0.3, 0.4) is 0 Å². The molecular formula is C30H34N4O4S. The monoisotopic (exact) mass is 546 g/mol. The number of pyridine rings is 1. The number of carbonyl (C=O) groups is 1.